The van der Waals surface area contributed by atoms with Crippen molar-refractivity contribution in [1.29, 1.82) is 0 Å². The quantitative estimate of drug-likeness (QED) is 0.917. The van der Waals surface area contributed by atoms with Crippen LogP contribution in [-0.2, 0) is 0 Å². The maximum atomic E-state index is 13.0. The number of fused-ring (bicyclic) bond motifs is 3. The number of amides is 1. The molecule has 2 unspecified atom stereocenters. The lowest BCUT2D eigenvalue weighted by Crippen LogP contribution is -2.48. The second-order valence-corrected chi connectivity index (χ2v) is 6.99. The summed E-state index contributed by atoms with van der Waals surface area (Å²) in [5, 5.41) is 8.06. The number of aromatic nitrogens is 3. The summed E-state index contributed by atoms with van der Waals surface area (Å²) in [5.41, 5.74) is 3.21. The third-order valence-electron chi connectivity index (χ3n) is 5.39. The highest BCUT2D eigenvalue weighted by Gasteiger charge is 2.36. The van der Waals surface area contributed by atoms with E-state index in [1.165, 1.54) is 12.8 Å². The Balaban J connectivity index is 1.62. The average molecular weight is 313 g/mol. The highest BCUT2D eigenvalue weighted by molar-refractivity contribution is 5.95. The summed E-state index contributed by atoms with van der Waals surface area (Å²) < 4.78 is 1.77. The third kappa shape index (κ3) is 2.41. The lowest BCUT2D eigenvalue weighted by atomic mass is 9.98. The molecule has 6 heteroatoms. The fraction of sp³-hybridized carbons (Fsp3) is 0.588. The van der Waals surface area contributed by atoms with E-state index in [-0.39, 0.29) is 5.91 Å². The van der Waals surface area contributed by atoms with Gasteiger partial charge >= 0.3 is 0 Å². The normalized spacial score (nSPS) is 26.7. The van der Waals surface area contributed by atoms with E-state index in [2.05, 4.69) is 15.4 Å². The van der Waals surface area contributed by atoms with E-state index in [0.717, 1.165) is 29.9 Å². The molecule has 1 amide bonds. The van der Waals surface area contributed by atoms with E-state index in [1.807, 2.05) is 31.9 Å². The predicted molar refractivity (Wildman–Crippen MR) is 87.5 cm³/mol. The van der Waals surface area contributed by atoms with Gasteiger partial charge in [0.05, 0.1) is 17.0 Å². The number of nitrogens with one attached hydrogen (secondary N) is 1. The number of aryl methyl sites for hydroxylation is 2. The molecule has 23 heavy (non-hydrogen) atoms. The number of piperidine rings is 1. The van der Waals surface area contributed by atoms with Gasteiger partial charge in [-0.25, -0.2) is 9.50 Å². The van der Waals surface area contributed by atoms with Gasteiger partial charge < -0.3 is 10.2 Å². The van der Waals surface area contributed by atoms with Gasteiger partial charge in [0.2, 0.25) is 0 Å². The van der Waals surface area contributed by atoms with E-state index >= 15 is 0 Å². The van der Waals surface area contributed by atoms with E-state index in [4.69, 9.17) is 0 Å². The molecule has 2 fully saturated rings. The molecule has 4 rings (SSSR count). The molecule has 0 aliphatic carbocycles. The molecule has 2 aliphatic rings. The van der Waals surface area contributed by atoms with Crippen molar-refractivity contribution < 1.29 is 4.79 Å². The number of nitrogens with zero attached hydrogens (tertiary/aromatic N) is 4. The molecular weight excluding hydrogens is 290 g/mol. The number of hydrogen-bond acceptors (Lipinski definition) is 4. The Morgan fingerprint density at radius 2 is 2.00 bits per heavy atom. The van der Waals surface area contributed by atoms with Gasteiger partial charge in [-0.3, -0.25) is 4.79 Å². The topological polar surface area (TPSA) is 62.5 Å². The molecule has 2 aromatic heterocycles. The number of hydrogen-bond donors (Lipinski definition) is 1. The van der Waals surface area contributed by atoms with Crippen LogP contribution in [0, 0.1) is 13.8 Å². The summed E-state index contributed by atoms with van der Waals surface area (Å²) in [6.45, 7) is 3.88. The van der Waals surface area contributed by atoms with Crippen molar-refractivity contribution in [2.45, 2.75) is 57.7 Å². The van der Waals surface area contributed by atoms with Crippen LogP contribution in [0.5, 0.6) is 0 Å². The van der Waals surface area contributed by atoms with Gasteiger partial charge in [0.1, 0.15) is 0 Å². The fourth-order valence-electron chi connectivity index (χ4n) is 4.07. The summed E-state index contributed by atoms with van der Waals surface area (Å²) in [6, 6.07) is 3.39. The SMILES string of the molecule is Cc1cc2ncc(C(=O)N(C)C3CC4CCC(C3)N4)c(C)n2n1. The van der Waals surface area contributed by atoms with Crippen molar-refractivity contribution in [3.05, 3.63) is 29.2 Å². The molecule has 2 aliphatic heterocycles. The summed E-state index contributed by atoms with van der Waals surface area (Å²) in [6.07, 6.45) is 6.27. The summed E-state index contributed by atoms with van der Waals surface area (Å²) in [4.78, 5) is 19.3. The van der Waals surface area contributed by atoms with Crippen LogP contribution in [0.4, 0.5) is 0 Å². The second kappa shape index (κ2) is 5.30. The first-order chi connectivity index (χ1) is 11.0. The van der Waals surface area contributed by atoms with Gasteiger partial charge in [0.15, 0.2) is 5.65 Å². The minimum atomic E-state index is 0.0522. The molecule has 0 radical (unpaired) electrons. The Bertz CT molecular complexity index is 756. The molecular formula is C17H23N5O. The van der Waals surface area contributed by atoms with Crippen LogP contribution in [0.15, 0.2) is 12.3 Å². The molecule has 122 valence electrons. The van der Waals surface area contributed by atoms with Gasteiger partial charge in [-0.15, -0.1) is 0 Å². The van der Waals surface area contributed by atoms with E-state index < -0.39 is 0 Å². The number of rotatable bonds is 2. The van der Waals surface area contributed by atoms with Crippen LogP contribution in [0.3, 0.4) is 0 Å². The van der Waals surface area contributed by atoms with Crippen LogP contribution in [0.1, 0.15) is 47.4 Å². The maximum Gasteiger partial charge on any atom is 0.257 e. The minimum absolute atomic E-state index is 0.0522. The van der Waals surface area contributed by atoms with Gasteiger partial charge in [0, 0.05) is 37.4 Å². The first-order valence-corrected chi connectivity index (χ1v) is 8.38. The van der Waals surface area contributed by atoms with Crippen molar-refractivity contribution in [3.63, 3.8) is 0 Å². The van der Waals surface area contributed by atoms with Crippen LogP contribution in [0.25, 0.3) is 5.65 Å². The van der Waals surface area contributed by atoms with Crippen LogP contribution in [0.2, 0.25) is 0 Å². The van der Waals surface area contributed by atoms with Crippen LogP contribution in [-0.4, -0.2) is 50.6 Å². The zero-order valence-corrected chi connectivity index (χ0v) is 13.9. The second-order valence-electron chi connectivity index (χ2n) is 6.99. The molecule has 2 atom stereocenters. The summed E-state index contributed by atoms with van der Waals surface area (Å²) in [5.74, 6) is 0.0522. The number of carbonyl (C=O) groups excluding carboxylic acids is 1. The Kier molecular flexibility index (Phi) is 3.37. The maximum absolute atomic E-state index is 13.0. The Morgan fingerprint density at radius 3 is 2.70 bits per heavy atom. The van der Waals surface area contributed by atoms with Crippen molar-refractivity contribution in [2.75, 3.05) is 7.05 Å². The molecule has 0 aromatic carbocycles. The average Bonchev–Trinajstić information content (AvgIpc) is 3.08. The zero-order chi connectivity index (χ0) is 16.1. The molecule has 6 nitrogen and oxygen atoms in total. The van der Waals surface area contributed by atoms with E-state index in [0.29, 0.717) is 23.7 Å². The van der Waals surface area contributed by atoms with Crippen molar-refractivity contribution in [1.82, 2.24) is 24.8 Å². The largest absolute Gasteiger partial charge is 0.338 e. The highest BCUT2D eigenvalue weighted by Crippen LogP contribution is 2.30. The molecule has 4 heterocycles. The first kappa shape index (κ1) is 14.6. The smallest absolute Gasteiger partial charge is 0.257 e. The molecule has 2 saturated heterocycles. The van der Waals surface area contributed by atoms with Crippen LogP contribution >= 0.6 is 0 Å². The minimum Gasteiger partial charge on any atom is -0.338 e. The van der Waals surface area contributed by atoms with Gasteiger partial charge in [-0.05, 0) is 39.5 Å². The van der Waals surface area contributed by atoms with Crippen molar-refractivity contribution in [3.8, 4) is 0 Å². The third-order valence-corrected chi connectivity index (χ3v) is 5.39. The van der Waals surface area contributed by atoms with Crippen LogP contribution < -0.4 is 5.32 Å². The van der Waals surface area contributed by atoms with Gasteiger partial charge in [0.25, 0.3) is 5.91 Å². The van der Waals surface area contributed by atoms with Gasteiger partial charge in [-0.2, -0.15) is 5.10 Å². The predicted octanol–water partition coefficient (Wildman–Crippen LogP) is 1.70. The summed E-state index contributed by atoms with van der Waals surface area (Å²) >= 11 is 0. The highest BCUT2D eigenvalue weighted by atomic mass is 16.2. The molecule has 0 spiro atoms. The lowest BCUT2D eigenvalue weighted by molar-refractivity contribution is 0.0679. The first-order valence-electron chi connectivity index (χ1n) is 8.38. The zero-order valence-electron chi connectivity index (χ0n) is 13.9. The van der Waals surface area contributed by atoms with E-state index in [1.54, 1.807) is 10.7 Å². The van der Waals surface area contributed by atoms with Gasteiger partial charge in [-0.1, -0.05) is 0 Å². The molecule has 2 aromatic rings. The Labute approximate surface area is 135 Å². The standard InChI is InChI=1S/C17H23N5O/c1-10-6-16-18-9-15(11(2)22(16)20-10)17(23)21(3)14-7-12-4-5-13(8-14)19-12/h6,9,12-14,19H,4-5,7-8H2,1-3H3. The number of carbonyl (C=O) groups is 1. The van der Waals surface area contributed by atoms with E-state index in [9.17, 15) is 4.79 Å². The Hall–Kier alpha value is -1.95. The Morgan fingerprint density at radius 1 is 1.30 bits per heavy atom. The lowest BCUT2D eigenvalue weighted by Gasteiger charge is -2.35. The fourth-order valence-corrected chi connectivity index (χ4v) is 4.07. The summed E-state index contributed by atoms with van der Waals surface area (Å²) in [7, 11) is 1.93. The molecule has 0 saturated carbocycles. The molecule has 2 bridgehead atoms. The monoisotopic (exact) mass is 313 g/mol. The van der Waals surface area contributed by atoms with Crippen molar-refractivity contribution in [2.24, 2.45) is 0 Å². The molecule has 1 N–H and O–H groups in total. The van der Waals surface area contributed by atoms with Crippen molar-refractivity contribution >= 4 is 11.6 Å².